The highest BCUT2D eigenvalue weighted by molar-refractivity contribution is 5.94. The van der Waals surface area contributed by atoms with E-state index in [1.807, 2.05) is 19.9 Å². The van der Waals surface area contributed by atoms with E-state index in [0.29, 0.717) is 48.9 Å². The first-order valence-corrected chi connectivity index (χ1v) is 10.6. The predicted octanol–water partition coefficient (Wildman–Crippen LogP) is 3.03. The van der Waals surface area contributed by atoms with Crippen LogP contribution in [0.15, 0.2) is 48.5 Å². The Balaban J connectivity index is 1.36. The van der Waals surface area contributed by atoms with Gasteiger partial charge in [0.1, 0.15) is 23.7 Å². The number of hydrogen-bond acceptors (Lipinski definition) is 6. The largest absolute Gasteiger partial charge is 0.485 e. The summed E-state index contributed by atoms with van der Waals surface area (Å²) in [5.74, 6) is 1.30. The molecule has 2 aliphatic heterocycles. The van der Waals surface area contributed by atoms with Crippen LogP contribution in [-0.4, -0.2) is 61.5 Å². The molecule has 4 rings (SSSR count). The van der Waals surface area contributed by atoms with Crippen LogP contribution >= 0.6 is 0 Å². The second-order valence-corrected chi connectivity index (χ2v) is 7.55. The highest BCUT2D eigenvalue weighted by Gasteiger charge is 2.50. The molecule has 0 saturated carbocycles. The minimum Gasteiger partial charge on any atom is -0.485 e. The number of carbonyl (C=O) groups is 1. The first-order chi connectivity index (χ1) is 15.1. The van der Waals surface area contributed by atoms with Gasteiger partial charge in [-0.1, -0.05) is 6.07 Å². The smallest absolute Gasteiger partial charge is 0.253 e. The summed E-state index contributed by atoms with van der Waals surface area (Å²) < 4.78 is 24.0. The third-order valence-electron chi connectivity index (χ3n) is 5.65. The Hall–Kier alpha value is -3.08. The molecule has 0 aromatic heterocycles. The van der Waals surface area contributed by atoms with Gasteiger partial charge in [0, 0.05) is 18.7 Å². The summed E-state index contributed by atoms with van der Waals surface area (Å²) >= 11 is 0. The Morgan fingerprint density at radius 2 is 1.61 bits per heavy atom. The summed E-state index contributed by atoms with van der Waals surface area (Å²) in [6, 6.07) is 16.3. The molecule has 2 aromatic carbocycles. The molecule has 2 saturated heterocycles. The topological polar surface area (TPSA) is 81.0 Å². The van der Waals surface area contributed by atoms with Gasteiger partial charge in [-0.05, 0) is 56.3 Å². The average molecular weight is 422 g/mol. The van der Waals surface area contributed by atoms with Crippen molar-refractivity contribution < 1.29 is 23.7 Å². The Bertz CT molecular complexity index is 951. The number of hydrogen-bond donors (Lipinski definition) is 0. The van der Waals surface area contributed by atoms with Gasteiger partial charge in [0.05, 0.1) is 24.8 Å². The fourth-order valence-corrected chi connectivity index (χ4v) is 3.99. The number of ether oxygens (including phenoxy) is 4. The molecule has 0 radical (unpaired) electrons. The minimum atomic E-state index is -0.262. The van der Waals surface area contributed by atoms with Gasteiger partial charge >= 0.3 is 0 Å². The zero-order valence-corrected chi connectivity index (χ0v) is 17.7. The van der Waals surface area contributed by atoms with Crippen LogP contribution in [0, 0.1) is 11.3 Å². The van der Waals surface area contributed by atoms with Gasteiger partial charge in [0.15, 0.2) is 12.2 Å². The van der Waals surface area contributed by atoms with Crippen LogP contribution in [0.5, 0.6) is 11.5 Å². The van der Waals surface area contributed by atoms with Crippen LogP contribution in [0.3, 0.4) is 0 Å². The Morgan fingerprint density at radius 1 is 1.00 bits per heavy atom. The molecular weight excluding hydrogens is 396 g/mol. The van der Waals surface area contributed by atoms with Crippen LogP contribution in [0.25, 0.3) is 0 Å². The molecule has 0 spiro atoms. The quantitative estimate of drug-likeness (QED) is 0.682. The fourth-order valence-electron chi connectivity index (χ4n) is 3.99. The van der Waals surface area contributed by atoms with E-state index in [0.717, 1.165) is 0 Å². The monoisotopic (exact) mass is 422 g/mol. The van der Waals surface area contributed by atoms with Gasteiger partial charge in [0.25, 0.3) is 5.91 Å². The zero-order valence-electron chi connectivity index (χ0n) is 17.7. The standard InChI is InChI=1S/C24H26N2O5/c1-3-26(4-2)24(27)17-8-10-18(11-9-17)30-20-14-28-23-21(15-29-22(20)23)31-19-7-5-6-16(12-19)13-25/h5-12,20-23H,3-4,14-15H2,1-2H3/t20-,21+,22-,23-/m1/s1. The molecule has 1 amide bonds. The lowest BCUT2D eigenvalue weighted by Gasteiger charge is -2.20. The first kappa shape index (κ1) is 21.2. The van der Waals surface area contributed by atoms with Crippen LogP contribution in [0.2, 0.25) is 0 Å². The third kappa shape index (κ3) is 4.50. The molecule has 7 heteroatoms. The Morgan fingerprint density at radius 3 is 2.19 bits per heavy atom. The molecule has 0 unspecified atom stereocenters. The highest BCUT2D eigenvalue weighted by atomic mass is 16.6. The molecule has 2 aliphatic rings. The van der Waals surface area contributed by atoms with Crippen LogP contribution in [-0.2, 0) is 9.47 Å². The minimum absolute atomic E-state index is 0.0143. The molecular formula is C24H26N2O5. The summed E-state index contributed by atoms with van der Waals surface area (Å²) in [6.07, 6.45) is -0.990. The fraction of sp³-hybridized carbons (Fsp3) is 0.417. The van der Waals surface area contributed by atoms with Gasteiger partial charge < -0.3 is 23.8 Å². The van der Waals surface area contributed by atoms with Crippen molar-refractivity contribution in [2.75, 3.05) is 26.3 Å². The molecule has 31 heavy (non-hydrogen) atoms. The molecule has 2 fully saturated rings. The second-order valence-electron chi connectivity index (χ2n) is 7.55. The van der Waals surface area contributed by atoms with Crippen molar-refractivity contribution in [1.82, 2.24) is 4.90 Å². The van der Waals surface area contributed by atoms with Crippen molar-refractivity contribution in [3.63, 3.8) is 0 Å². The molecule has 4 atom stereocenters. The van der Waals surface area contributed by atoms with Crippen molar-refractivity contribution in [2.24, 2.45) is 0 Å². The lowest BCUT2D eigenvalue weighted by Crippen LogP contribution is -2.36. The van der Waals surface area contributed by atoms with E-state index in [4.69, 9.17) is 24.2 Å². The van der Waals surface area contributed by atoms with Gasteiger partial charge in [-0.25, -0.2) is 0 Å². The van der Waals surface area contributed by atoms with Gasteiger partial charge in [0.2, 0.25) is 0 Å². The molecule has 0 bridgehead atoms. The summed E-state index contributed by atoms with van der Waals surface area (Å²) in [5, 5.41) is 9.06. The number of benzene rings is 2. The Kier molecular flexibility index (Phi) is 6.40. The predicted molar refractivity (Wildman–Crippen MR) is 113 cm³/mol. The van der Waals surface area contributed by atoms with Gasteiger partial charge in [-0.15, -0.1) is 0 Å². The van der Waals surface area contributed by atoms with Crippen molar-refractivity contribution >= 4 is 5.91 Å². The maximum absolute atomic E-state index is 12.5. The van der Waals surface area contributed by atoms with Crippen molar-refractivity contribution in [3.05, 3.63) is 59.7 Å². The van der Waals surface area contributed by atoms with E-state index >= 15 is 0 Å². The molecule has 162 valence electrons. The average Bonchev–Trinajstić information content (AvgIpc) is 3.38. The van der Waals surface area contributed by atoms with E-state index in [2.05, 4.69) is 6.07 Å². The summed E-state index contributed by atoms with van der Waals surface area (Å²) in [4.78, 5) is 14.2. The van der Waals surface area contributed by atoms with E-state index in [-0.39, 0.29) is 30.3 Å². The zero-order chi connectivity index (χ0) is 21.8. The highest BCUT2D eigenvalue weighted by Crippen LogP contribution is 2.32. The lowest BCUT2D eigenvalue weighted by atomic mass is 10.1. The van der Waals surface area contributed by atoms with Gasteiger partial charge in [-0.3, -0.25) is 4.79 Å². The molecule has 2 aromatic rings. The number of rotatable bonds is 7. The maximum atomic E-state index is 12.5. The van der Waals surface area contributed by atoms with Crippen LogP contribution in [0.1, 0.15) is 29.8 Å². The van der Waals surface area contributed by atoms with Crippen LogP contribution in [0.4, 0.5) is 0 Å². The summed E-state index contributed by atoms with van der Waals surface area (Å²) in [7, 11) is 0. The molecule has 0 aliphatic carbocycles. The lowest BCUT2D eigenvalue weighted by molar-refractivity contribution is 0.0181. The van der Waals surface area contributed by atoms with Crippen molar-refractivity contribution in [3.8, 4) is 17.6 Å². The SMILES string of the molecule is CCN(CC)C(=O)c1ccc(O[C@@H]2CO[C@H]3[C@@H]2OC[C@@H]3Oc2cccc(C#N)c2)cc1. The number of carbonyl (C=O) groups excluding carboxylic acids is 1. The Labute approximate surface area is 182 Å². The van der Waals surface area contributed by atoms with E-state index in [9.17, 15) is 4.79 Å². The van der Waals surface area contributed by atoms with E-state index in [1.165, 1.54) is 0 Å². The summed E-state index contributed by atoms with van der Waals surface area (Å²) in [6.45, 7) is 6.08. The first-order valence-electron chi connectivity index (χ1n) is 10.6. The van der Waals surface area contributed by atoms with Crippen molar-refractivity contribution in [2.45, 2.75) is 38.3 Å². The summed E-state index contributed by atoms with van der Waals surface area (Å²) in [5.41, 5.74) is 1.19. The van der Waals surface area contributed by atoms with Crippen LogP contribution < -0.4 is 9.47 Å². The third-order valence-corrected chi connectivity index (χ3v) is 5.65. The normalized spacial score (nSPS) is 24.3. The number of nitriles is 1. The van der Waals surface area contributed by atoms with E-state index in [1.54, 1.807) is 47.4 Å². The van der Waals surface area contributed by atoms with Crippen molar-refractivity contribution in [1.29, 1.82) is 5.26 Å². The number of nitrogens with zero attached hydrogens (tertiary/aromatic N) is 2. The van der Waals surface area contributed by atoms with E-state index < -0.39 is 0 Å². The molecule has 7 nitrogen and oxygen atoms in total. The second kappa shape index (κ2) is 9.38. The maximum Gasteiger partial charge on any atom is 0.253 e. The molecule has 2 heterocycles. The molecule has 0 N–H and O–H groups in total. The van der Waals surface area contributed by atoms with Gasteiger partial charge in [-0.2, -0.15) is 5.26 Å². The number of fused-ring (bicyclic) bond motifs is 1. The number of amides is 1.